The van der Waals surface area contributed by atoms with Gasteiger partial charge in [0.25, 0.3) is 5.91 Å². The molecular formula is C19H22N2O4. The van der Waals surface area contributed by atoms with Gasteiger partial charge in [0, 0.05) is 19.5 Å². The predicted octanol–water partition coefficient (Wildman–Crippen LogP) is 1.11. The smallest absolute Gasteiger partial charge is 0.336 e. The summed E-state index contributed by atoms with van der Waals surface area (Å²) in [5, 5.41) is 2.00. The number of methoxy groups -OCH3 is 1. The molecule has 2 aromatic carbocycles. The van der Waals surface area contributed by atoms with E-state index in [2.05, 4.69) is 0 Å². The molecule has 1 atom stereocenters. The van der Waals surface area contributed by atoms with Gasteiger partial charge in [-0.15, -0.1) is 0 Å². The van der Waals surface area contributed by atoms with Crippen LogP contribution in [0.25, 0.3) is 10.8 Å². The number of rotatable bonds is 4. The number of benzene rings is 2. The van der Waals surface area contributed by atoms with Gasteiger partial charge in [-0.2, -0.15) is 0 Å². The normalized spacial score (nSPS) is 17.1. The average molecular weight is 342 g/mol. The lowest BCUT2D eigenvalue weighted by Gasteiger charge is -2.34. The Morgan fingerprint density at radius 3 is 2.56 bits per heavy atom. The van der Waals surface area contributed by atoms with E-state index in [4.69, 9.17) is 15.2 Å². The van der Waals surface area contributed by atoms with Gasteiger partial charge in [-0.05, 0) is 16.3 Å². The second-order valence-corrected chi connectivity index (χ2v) is 6.18. The van der Waals surface area contributed by atoms with Crippen LogP contribution in [0.4, 0.5) is 0 Å². The molecular weight excluding hydrogens is 320 g/mol. The third kappa shape index (κ3) is 3.36. The van der Waals surface area contributed by atoms with E-state index in [0.717, 1.165) is 16.3 Å². The van der Waals surface area contributed by atoms with Crippen LogP contribution < -0.4 is 5.73 Å². The molecule has 132 valence electrons. The SMILES string of the molecule is COC(=O)[C@@](N)(Cc1cccc2ccccc12)C(=O)N1CCOCC1. The molecule has 0 aromatic heterocycles. The van der Waals surface area contributed by atoms with Crippen molar-refractivity contribution in [2.24, 2.45) is 5.73 Å². The van der Waals surface area contributed by atoms with Crippen molar-refractivity contribution in [1.29, 1.82) is 0 Å². The highest BCUT2D eigenvalue weighted by Crippen LogP contribution is 2.24. The Kier molecular flexibility index (Phi) is 5.01. The van der Waals surface area contributed by atoms with E-state index in [9.17, 15) is 9.59 Å². The summed E-state index contributed by atoms with van der Waals surface area (Å²) in [6, 6.07) is 13.6. The van der Waals surface area contributed by atoms with Gasteiger partial charge in [0.05, 0.1) is 20.3 Å². The van der Waals surface area contributed by atoms with E-state index in [-0.39, 0.29) is 6.42 Å². The molecule has 2 N–H and O–H groups in total. The van der Waals surface area contributed by atoms with Crippen LogP contribution in [0.5, 0.6) is 0 Å². The van der Waals surface area contributed by atoms with E-state index in [0.29, 0.717) is 26.3 Å². The summed E-state index contributed by atoms with van der Waals surface area (Å²) >= 11 is 0. The van der Waals surface area contributed by atoms with Gasteiger partial charge in [-0.3, -0.25) is 4.79 Å². The first-order valence-corrected chi connectivity index (χ1v) is 8.27. The molecule has 25 heavy (non-hydrogen) atoms. The fraction of sp³-hybridized carbons (Fsp3) is 0.368. The Labute approximate surface area is 146 Å². The van der Waals surface area contributed by atoms with Crippen LogP contribution in [-0.2, 0) is 25.5 Å². The molecule has 1 heterocycles. The van der Waals surface area contributed by atoms with Crippen molar-refractivity contribution < 1.29 is 19.1 Å². The molecule has 0 unspecified atom stereocenters. The van der Waals surface area contributed by atoms with Crippen molar-refractivity contribution in [3.05, 3.63) is 48.0 Å². The number of hydrogen-bond donors (Lipinski definition) is 1. The largest absolute Gasteiger partial charge is 0.467 e. The number of nitrogens with two attached hydrogens (primary N) is 1. The zero-order valence-electron chi connectivity index (χ0n) is 14.2. The van der Waals surface area contributed by atoms with Crippen LogP contribution in [0.3, 0.4) is 0 Å². The van der Waals surface area contributed by atoms with Gasteiger partial charge >= 0.3 is 5.97 Å². The summed E-state index contributed by atoms with van der Waals surface area (Å²) in [5.74, 6) is -1.15. The summed E-state index contributed by atoms with van der Waals surface area (Å²) < 4.78 is 10.1. The third-order valence-electron chi connectivity index (χ3n) is 4.58. The minimum Gasteiger partial charge on any atom is -0.467 e. The molecule has 0 radical (unpaired) electrons. The van der Waals surface area contributed by atoms with Gasteiger partial charge < -0.3 is 20.1 Å². The van der Waals surface area contributed by atoms with Crippen LogP contribution >= 0.6 is 0 Å². The summed E-state index contributed by atoms with van der Waals surface area (Å²) in [7, 11) is 1.25. The number of carbonyl (C=O) groups excluding carboxylic acids is 2. The Balaban J connectivity index is 1.97. The van der Waals surface area contributed by atoms with E-state index >= 15 is 0 Å². The maximum atomic E-state index is 13.0. The monoisotopic (exact) mass is 342 g/mol. The van der Waals surface area contributed by atoms with Gasteiger partial charge in [-0.1, -0.05) is 42.5 Å². The van der Waals surface area contributed by atoms with Gasteiger partial charge in [0.2, 0.25) is 0 Å². The minimum absolute atomic E-state index is 0.0806. The van der Waals surface area contributed by atoms with Crippen LogP contribution in [0.2, 0.25) is 0 Å². The zero-order valence-corrected chi connectivity index (χ0v) is 14.2. The zero-order chi connectivity index (χ0) is 17.9. The molecule has 1 amide bonds. The average Bonchev–Trinajstić information content (AvgIpc) is 2.67. The quantitative estimate of drug-likeness (QED) is 0.665. The third-order valence-corrected chi connectivity index (χ3v) is 4.58. The van der Waals surface area contributed by atoms with E-state index in [1.807, 2.05) is 42.5 Å². The number of fused-ring (bicyclic) bond motifs is 1. The maximum Gasteiger partial charge on any atom is 0.336 e. The van der Waals surface area contributed by atoms with E-state index < -0.39 is 17.4 Å². The fourth-order valence-electron chi connectivity index (χ4n) is 3.21. The van der Waals surface area contributed by atoms with Crippen LogP contribution in [-0.4, -0.2) is 55.7 Å². The molecule has 1 aliphatic heterocycles. The molecule has 0 aliphatic carbocycles. The lowest BCUT2D eigenvalue weighted by molar-refractivity contribution is -0.157. The number of amides is 1. The highest BCUT2D eigenvalue weighted by atomic mass is 16.5. The van der Waals surface area contributed by atoms with Gasteiger partial charge in [0.1, 0.15) is 0 Å². The lowest BCUT2D eigenvalue weighted by Crippen LogP contribution is -2.63. The predicted molar refractivity (Wildman–Crippen MR) is 94.0 cm³/mol. The van der Waals surface area contributed by atoms with Crippen molar-refractivity contribution in [3.8, 4) is 0 Å². The molecule has 6 nitrogen and oxygen atoms in total. The second kappa shape index (κ2) is 7.21. The number of nitrogens with zero attached hydrogens (tertiary/aromatic N) is 1. The van der Waals surface area contributed by atoms with Crippen LogP contribution in [0.1, 0.15) is 5.56 Å². The molecule has 1 aliphatic rings. The Morgan fingerprint density at radius 1 is 1.16 bits per heavy atom. The Morgan fingerprint density at radius 2 is 1.84 bits per heavy atom. The van der Waals surface area contributed by atoms with Gasteiger partial charge in [0.15, 0.2) is 5.54 Å². The minimum atomic E-state index is -1.75. The highest BCUT2D eigenvalue weighted by Gasteiger charge is 2.46. The van der Waals surface area contributed by atoms with Gasteiger partial charge in [-0.25, -0.2) is 4.79 Å². The number of ether oxygens (including phenoxy) is 2. The standard InChI is InChI=1S/C19H22N2O4/c1-24-18(23)19(20,17(22)21-9-11-25-12-10-21)13-15-7-4-6-14-5-2-3-8-16(14)15/h2-8H,9-13,20H2,1H3/t19-/m1/s1. The summed E-state index contributed by atoms with van der Waals surface area (Å²) in [6.07, 6.45) is 0.0806. The maximum absolute atomic E-state index is 13.0. The molecule has 0 spiro atoms. The number of morpholine rings is 1. The molecule has 6 heteroatoms. The number of hydrogen-bond acceptors (Lipinski definition) is 5. The lowest BCUT2D eigenvalue weighted by atomic mass is 9.87. The molecule has 0 saturated carbocycles. The molecule has 1 saturated heterocycles. The molecule has 3 rings (SSSR count). The summed E-state index contributed by atoms with van der Waals surface area (Å²) in [6.45, 7) is 1.73. The first-order chi connectivity index (χ1) is 12.1. The highest BCUT2D eigenvalue weighted by molar-refractivity contribution is 6.08. The Bertz CT molecular complexity index is 781. The summed E-state index contributed by atoms with van der Waals surface area (Å²) in [4.78, 5) is 27.0. The van der Waals surface area contributed by atoms with Crippen molar-refractivity contribution in [3.63, 3.8) is 0 Å². The molecule has 0 bridgehead atoms. The van der Waals surface area contributed by atoms with E-state index in [1.165, 1.54) is 7.11 Å². The topological polar surface area (TPSA) is 81.9 Å². The van der Waals surface area contributed by atoms with Crippen molar-refractivity contribution in [1.82, 2.24) is 4.90 Å². The van der Waals surface area contributed by atoms with Crippen LogP contribution in [0.15, 0.2) is 42.5 Å². The molecule has 2 aromatic rings. The number of esters is 1. The second-order valence-electron chi connectivity index (χ2n) is 6.18. The molecule has 1 fully saturated rings. The first-order valence-electron chi connectivity index (χ1n) is 8.27. The van der Waals surface area contributed by atoms with Crippen LogP contribution in [0, 0.1) is 0 Å². The van der Waals surface area contributed by atoms with Crippen molar-refractivity contribution in [2.75, 3.05) is 33.4 Å². The van der Waals surface area contributed by atoms with Crippen molar-refractivity contribution in [2.45, 2.75) is 12.0 Å². The number of carbonyl (C=O) groups is 2. The van der Waals surface area contributed by atoms with E-state index in [1.54, 1.807) is 4.90 Å². The summed E-state index contributed by atoms with van der Waals surface area (Å²) in [5.41, 5.74) is 5.43. The Hall–Kier alpha value is -2.44. The van der Waals surface area contributed by atoms with Crippen molar-refractivity contribution >= 4 is 22.6 Å². The fourth-order valence-corrected chi connectivity index (χ4v) is 3.21. The first kappa shape index (κ1) is 17.4.